The first-order chi connectivity index (χ1) is 7.13. The van der Waals surface area contributed by atoms with Crippen LogP contribution >= 0.6 is 11.8 Å². The molecule has 1 heterocycles. The zero-order chi connectivity index (χ0) is 11.3. The van der Waals surface area contributed by atoms with Crippen LogP contribution in [0.5, 0.6) is 0 Å². The van der Waals surface area contributed by atoms with Crippen LogP contribution in [0.3, 0.4) is 0 Å². The fourth-order valence-corrected chi connectivity index (χ4v) is 2.09. The molecule has 0 amide bonds. The van der Waals surface area contributed by atoms with E-state index in [-0.39, 0.29) is 5.69 Å². The van der Waals surface area contributed by atoms with Crippen molar-refractivity contribution in [2.24, 2.45) is 0 Å². The number of methoxy groups -OCH3 is 1. The molecule has 1 N–H and O–H groups in total. The number of rotatable bonds is 5. The Morgan fingerprint density at radius 3 is 3.07 bits per heavy atom. The highest BCUT2D eigenvalue weighted by Gasteiger charge is 2.08. The van der Waals surface area contributed by atoms with Crippen molar-refractivity contribution in [2.45, 2.75) is 17.1 Å². The van der Waals surface area contributed by atoms with Crippen LogP contribution in [-0.4, -0.2) is 35.0 Å². The Balaban J connectivity index is 2.69. The van der Waals surface area contributed by atoms with Crippen molar-refractivity contribution in [3.05, 3.63) is 24.0 Å². The number of aromatic carboxylic acids is 1. The number of hydrogen-bond acceptors (Lipinski definition) is 4. The number of hydrogen-bond donors (Lipinski definition) is 1. The summed E-state index contributed by atoms with van der Waals surface area (Å²) < 4.78 is 5.00. The monoisotopic (exact) mass is 227 g/mol. The van der Waals surface area contributed by atoms with Crippen LogP contribution in [0.1, 0.15) is 17.4 Å². The molecule has 0 aromatic carbocycles. The van der Waals surface area contributed by atoms with E-state index in [4.69, 9.17) is 9.84 Å². The maximum atomic E-state index is 10.7. The third-order valence-corrected chi connectivity index (χ3v) is 2.75. The minimum absolute atomic E-state index is 0.0737. The third-order valence-electron chi connectivity index (χ3n) is 1.69. The van der Waals surface area contributed by atoms with Crippen molar-refractivity contribution in [3.63, 3.8) is 0 Å². The summed E-state index contributed by atoms with van der Waals surface area (Å²) in [6, 6.07) is 3.36. The molecule has 0 fully saturated rings. The fourth-order valence-electron chi connectivity index (χ4n) is 1.10. The Morgan fingerprint density at radius 1 is 1.73 bits per heavy atom. The van der Waals surface area contributed by atoms with E-state index in [1.54, 1.807) is 31.0 Å². The van der Waals surface area contributed by atoms with Crippen molar-refractivity contribution < 1.29 is 14.6 Å². The summed E-state index contributed by atoms with van der Waals surface area (Å²) in [5, 5.41) is 9.04. The Bertz CT molecular complexity index is 343. The lowest BCUT2D eigenvalue weighted by Gasteiger charge is -2.09. The lowest BCUT2D eigenvalue weighted by molar-refractivity contribution is 0.0690. The zero-order valence-corrected chi connectivity index (χ0v) is 9.45. The molecule has 1 aromatic rings. The van der Waals surface area contributed by atoms with Gasteiger partial charge in [-0.15, -0.1) is 11.8 Å². The SMILES string of the molecule is COCC(C)Sc1ccnc(C(=O)O)c1. The van der Waals surface area contributed by atoms with Crippen LogP contribution < -0.4 is 0 Å². The molecular formula is C10H13NO3S. The van der Waals surface area contributed by atoms with E-state index < -0.39 is 5.97 Å². The number of pyridine rings is 1. The normalized spacial score (nSPS) is 12.4. The van der Waals surface area contributed by atoms with Crippen molar-refractivity contribution in [1.29, 1.82) is 0 Å². The molecule has 4 nitrogen and oxygen atoms in total. The summed E-state index contributed by atoms with van der Waals surface area (Å²) in [4.78, 5) is 15.3. The van der Waals surface area contributed by atoms with Crippen LogP contribution in [0.2, 0.25) is 0 Å². The maximum Gasteiger partial charge on any atom is 0.354 e. The highest BCUT2D eigenvalue weighted by Crippen LogP contribution is 2.23. The van der Waals surface area contributed by atoms with Crippen molar-refractivity contribution >= 4 is 17.7 Å². The van der Waals surface area contributed by atoms with Gasteiger partial charge in [0.05, 0.1) is 6.61 Å². The van der Waals surface area contributed by atoms with Crippen LogP contribution in [0.4, 0.5) is 0 Å². The van der Waals surface area contributed by atoms with E-state index in [0.717, 1.165) is 4.90 Å². The van der Waals surface area contributed by atoms with Gasteiger partial charge in [0.15, 0.2) is 0 Å². The second-order valence-corrected chi connectivity index (χ2v) is 4.58. The molecule has 82 valence electrons. The second-order valence-electron chi connectivity index (χ2n) is 3.07. The molecule has 15 heavy (non-hydrogen) atoms. The molecule has 0 saturated heterocycles. The van der Waals surface area contributed by atoms with Crippen LogP contribution in [-0.2, 0) is 4.74 Å². The van der Waals surface area contributed by atoms with Gasteiger partial charge in [0, 0.05) is 23.5 Å². The van der Waals surface area contributed by atoms with Gasteiger partial charge in [0.1, 0.15) is 5.69 Å². The molecule has 5 heteroatoms. The number of carbonyl (C=O) groups is 1. The lowest BCUT2D eigenvalue weighted by atomic mass is 10.3. The van der Waals surface area contributed by atoms with Crippen LogP contribution in [0.25, 0.3) is 0 Å². The lowest BCUT2D eigenvalue weighted by Crippen LogP contribution is -2.05. The molecule has 0 spiro atoms. The quantitative estimate of drug-likeness (QED) is 0.778. The summed E-state index contributed by atoms with van der Waals surface area (Å²) in [6.45, 7) is 2.66. The van der Waals surface area contributed by atoms with Crippen LogP contribution in [0, 0.1) is 0 Å². The fraction of sp³-hybridized carbons (Fsp3) is 0.400. The van der Waals surface area contributed by atoms with E-state index in [9.17, 15) is 4.79 Å². The average molecular weight is 227 g/mol. The van der Waals surface area contributed by atoms with Gasteiger partial charge in [-0.05, 0) is 12.1 Å². The van der Waals surface area contributed by atoms with E-state index in [2.05, 4.69) is 4.98 Å². The molecule has 0 aliphatic rings. The smallest absolute Gasteiger partial charge is 0.354 e. The molecule has 0 bridgehead atoms. The first kappa shape index (κ1) is 12.0. The number of thioether (sulfide) groups is 1. The largest absolute Gasteiger partial charge is 0.477 e. The number of carboxylic acid groups (broad SMARTS) is 1. The highest BCUT2D eigenvalue weighted by atomic mass is 32.2. The van der Waals surface area contributed by atoms with E-state index in [1.807, 2.05) is 6.92 Å². The third kappa shape index (κ3) is 3.89. The molecule has 0 aliphatic carbocycles. The number of nitrogens with zero attached hydrogens (tertiary/aromatic N) is 1. The molecule has 1 rings (SSSR count). The van der Waals surface area contributed by atoms with Gasteiger partial charge in [-0.3, -0.25) is 0 Å². The zero-order valence-electron chi connectivity index (χ0n) is 8.64. The molecular weight excluding hydrogens is 214 g/mol. The predicted molar refractivity (Wildman–Crippen MR) is 58.4 cm³/mol. The highest BCUT2D eigenvalue weighted by molar-refractivity contribution is 8.00. The summed E-state index contributed by atoms with van der Waals surface area (Å²) in [6.07, 6.45) is 1.51. The van der Waals surface area contributed by atoms with Crippen molar-refractivity contribution in [2.75, 3.05) is 13.7 Å². The Labute approximate surface area is 92.7 Å². The number of carboxylic acids is 1. The van der Waals surface area contributed by atoms with Crippen LogP contribution in [0.15, 0.2) is 23.2 Å². The van der Waals surface area contributed by atoms with Gasteiger partial charge in [-0.25, -0.2) is 9.78 Å². The molecule has 0 radical (unpaired) electrons. The van der Waals surface area contributed by atoms with E-state index in [0.29, 0.717) is 11.9 Å². The number of aromatic nitrogens is 1. The number of ether oxygens (including phenoxy) is 1. The van der Waals surface area contributed by atoms with Crippen molar-refractivity contribution in [1.82, 2.24) is 4.98 Å². The topological polar surface area (TPSA) is 59.4 Å². The minimum Gasteiger partial charge on any atom is -0.477 e. The van der Waals surface area contributed by atoms with E-state index >= 15 is 0 Å². The molecule has 0 aliphatic heterocycles. The Morgan fingerprint density at radius 2 is 2.47 bits per heavy atom. The van der Waals surface area contributed by atoms with Gasteiger partial charge in [-0.2, -0.15) is 0 Å². The predicted octanol–water partition coefficient (Wildman–Crippen LogP) is 1.91. The second kappa shape index (κ2) is 5.72. The Hall–Kier alpha value is -1.07. The standard InChI is InChI=1S/C10H13NO3S/c1-7(6-14-2)15-8-3-4-11-9(5-8)10(12)13/h3-5,7H,6H2,1-2H3,(H,12,13). The maximum absolute atomic E-state index is 10.7. The van der Waals surface area contributed by atoms with Crippen molar-refractivity contribution in [3.8, 4) is 0 Å². The molecule has 1 aromatic heterocycles. The first-order valence-electron chi connectivity index (χ1n) is 4.48. The average Bonchev–Trinajstić information content (AvgIpc) is 2.18. The minimum atomic E-state index is -1.00. The first-order valence-corrected chi connectivity index (χ1v) is 5.36. The van der Waals surface area contributed by atoms with Gasteiger partial charge in [0.25, 0.3) is 0 Å². The Kier molecular flexibility index (Phi) is 4.58. The molecule has 1 atom stereocenters. The molecule has 1 unspecified atom stereocenters. The van der Waals surface area contributed by atoms with Gasteiger partial charge in [0.2, 0.25) is 0 Å². The summed E-state index contributed by atoms with van der Waals surface area (Å²) in [5.41, 5.74) is 0.0737. The summed E-state index contributed by atoms with van der Waals surface area (Å²) in [5.74, 6) is -1.00. The summed E-state index contributed by atoms with van der Waals surface area (Å²) >= 11 is 1.57. The van der Waals surface area contributed by atoms with Gasteiger partial charge in [-0.1, -0.05) is 6.92 Å². The van der Waals surface area contributed by atoms with Gasteiger partial charge >= 0.3 is 5.97 Å². The molecule has 0 saturated carbocycles. The summed E-state index contributed by atoms with van der Waals surface area (Å²) in [7, 11) is 1.65. The van der Waals surface area contributed by atoms with Gasteiger partial charge < -0.3 is 9.84 Å². The van der Waals surface area contributed by atoms with E-state index in [1.165, 1.54) is 6.20 Å².